The lowest BCUT2D eigenvalue weighted by Crippen LogP contribution is -2.34. The Bertz CT molecular complexity index is 1150. The lowest BCUT2D eigenvalue weighted by molar-refractivity contribution is -0.120. The van der Waals surface area contributed by atoms with Crippen molar-refractivity contribution < 1.29 is 23.5 Å². The van der Waals surface area contributed by atoms with Crippen LogP contribution in [0.5, 0.6) is 5.75 Å². The normalized spacial score (nSPS) is 10.6. The Hall–Kier alpha value is -3.85. The molecular weight excluding hydrogens is 481 g/mol. The average Bonchev–Trinajstić information content (AvgIpc) is 2.79. The first-order chi connectivity index (χ1) is 15.4. The summed E-state index contributed by atoms with van der Waals surface area (Å²) in [5, 5.41) is 6.22. The molecule has 0 saturated heterocycles. The van der Waals surface area contributed by atoms with Crippen molar-refractivity contribution in [3.8, 4) is 5.75 Å². The van der Waals surface area contributed by atoms with Crippen molar-refractivity contribution >= 4 is 39.9 Å². The van der Waals surface area contributed by atoms with E-state index in [1.807, 2.05) is 6.07 Å². The maximum atomic E-state index is 12.9. The van der Waals surface area contributed by atoms with Gasteiger partial charge >= 0.3 is 5.97 Å². The van der Waals surface area contributed by atoms with Gasteiger partial charge in [0.1, 0.15) is 11.6 Å². The van der Waals surface area contributed by atoms with E-state index in [1.165, 1.54) is 18.3 Å². The highest BCUT2D eigenvalue weighted by Gasteiger charge is 2.09. The molecule has 0 saturated carbocycles. The molecule has 0 atom stereocenters. The van der Waals surface area contributed by atoms with Crippen molar-refractivity contribution in [2.24, 2.45) is 5.10 Å². The third-order valence-electron chi connectivity index (χ3n) is 4.07. The molecule has 32 heavy (non-hydrogen) atoms. The zero-order valence-electron chi connectivity index (χ0n) is 16.5. The number of esters is 1. The molecule has 7 nitrogen and oxygen atoms in total. The molecule has 0 fully saturated rings. The molecule has 0 aromatic heterocycles. The predicted molar refractivity (Wildman–Crippen MR) is 120 cm³/mol. The Morgan fingerprint density at radius 2 is 1.69 bits per heavy atom. The fourth-order valence-electron chi connectivity index (χ4n) is 2.49. The molecule has 0 radical (unpaired) electrons. The van der Waals surface area contributed by atoms with Gasteiger partial charge in [0.25, 0.3) is 11.8 Å². The summed E-state index contributed by atoms with van der Waals surface area (Å²) in [5.74, 6) is -1.61. The Morgan fingerprint density at radius 3 is 2.38 bits per heavy atom. The molecule has 9 heteroatoms. The van der Waals surface area contributed by atoms with Crippen molar-refractivity contribution in [2.75, 3.05) is 6.54 Å². The molecule has 0 bridgehead atoms. The minimum atomic E-state index is -0.531. The SMILES string of the molecule is O=C(CNC(=O)c1ccc(F)cc1)N/N=C\c1ccc(OC(=O)c2cccc(Br)c2)cc1. The Labute approximate surface area is 191 Å². The van der Waals surface area contributed by atoms with Crippen LogP contribution in [0.1, 0.15) is 26.3 Å². The number of benzene rings is 3. The Kier molecular flexibility index (Phi) is 7.82. The predicted octanol–water partition coefficient (Wildman–Crippen LogP) is 3.69. The first-order valence-electron chi connectivity index (χ1n) is 9.34. The summed E-state index contributed by atoms with van der Waals surface area (Å²) < 4.78 is 19.0. The third-order valence-corrected chi connectivity index (χ3v) is 4.56. The second-order valence-corrected chi connectivity index (χ2v) is 7.37. The van der Waals surface area contributed by atoms with Gasteiger partial charge < -0.3 is 10.1 Å². The number of hydrogen-bond acceptors (Lipinski definition) is 5. The van der Waals surface area contributed by atoms with Crippen LogP contribution in [0.2, 0.25) is 0 Å². The van der Waals surface area contributed by atoms with Crippen LogP contribution in [0.15, 0.2) is 82.4 Å². The number of carbonyl (C=O) groups is 3. The maximum absolute atomic E-state index is 12.9. The molecule has 162 valence electrons. The highest BCUT2D eigenvalue weighted by atomic mass is 79.9. The van der Waals surface area contributed by atoms with Gasteiger partial charge in [0.05, 0.1) is 18.3 Å². The first kappa shape index (κ1) is 22.8. The van der Waals surface area contributed by atoms with Crippen LogP contribution in [-0.4, -0.2) is 30.5 Å². The van der Waals surface area contributed by atoms with Crippen molar-refractivity contribution in [1.82, 2.24) is 10.7 Å². The number of amides is 2. The van der Waals surface area contributed by atoms with Crippen molar-refractivity contribution in [2.45, 2.75) is 0 Å². The number of ether oxygens (including phenoxy) is 1. The summed E-state index contributed by atoms with van der Waals surface area (Å²) in [6.07, 6.45) is 1.40. The summed E-state index contributed by atoms with van der Waals surface area (Å²) in [7, 11) is 0. The third kappa shape index (κ3) is 6.85. The van der Waals surface area contributed by atoms with Crippen LogP contribution in [0.25, 0.3) is 0 Å². The zero-order valence-corrected chi connectivity index (χ0v) is 18.1. The zero-order chi connectivity index (χ0) is 22.9. The summed E-state index contributed by atoms with van der Waals surface area (Å²) in [6, 6.07) is 18.3. The van der Waals surface area contributed by atoms with E-state index in [2.05, 4.69) is 31.8 Å². The summed E-state index contributed by atoms with van der Waals surface area (Å²) in [5.41, 5.74) is 3.60. The number of nitrogens with one attached hydrogen (secondary N) is 2. The lowest BCUT2D eigenvalue weighted by Gasteiger charge is -2.05. The van der Waals surface area contributed by atoms with Gasteiger partial charge in [-0.15, -0.1) is 0 Å². The number of carbonyl (C=O) groups excluding carboxylic acids is 3. The maximum Gasteiger partial charge on any atom is 0.343 e. The van der Waals surface area contributed by atoms with Gasteiger partial charge in [-0.2, -0.15) is 5.10 Å². The molecule has 3 rings (SSSR count). The molecular formula is C23H17BrFN3O4. The average molecular weight is 498 g/mol. The molecule has 3 aromatic rings. The van der Waals surface area contributed by atoms with Crippen molar-refractivity contribution in [3.05, 3.63) is 99.8 Å². The fourth-order valence-corrected chi connectivity index (χ4v) is 2.88. The van der Waals surface area contributed by atoms with Crippen LogP contribution in [-0.2, 0) is 4.79 Å². The van der Waals surface area contributed by atoms with Crippen LogP contribution in [0.3, 0.4) is 0 Å². The van der Waals surface area contributed by atoms with Crippen molar-refractivity contribution in [1.29, 1.82) is 0 Å². The van der Waals surface area contributed by atoms with E-state index in [0.29, 0.717) is 16.9 Å². The minimum Gasteiger partial charge on any atom is -0.423 e. The quantitative estimate of drug-likeness (QED) is 0.225. The highest BCUT2D eigenvalue weighted by Crippen LogP contribution is 2.16. The van der Waals surface area contributed by atoms with Crippen LogP contribution in [0, 0.1) is 5.82 Å². The standard InChI is InChI=1S/C23H17BrFN3O4/c24-18-3-1-2-17(12-18)23(31)32-20-10-4-15(5-11-20)13-27-28-21(29)14-26-22(30)16-6-8-19(25)9-7-16/h1-13H,14H2,(H,26,30)(H,28,29)/b27-13-. The second kappa shape index (κ2) is 11.0. The smallest absolute Gasteiger partial charge is 0.343 e. The van der Waals surface area contributed by atoms with E-state index in [-0.39, 0.29) is 12.1 Å². The highest BCUT2D eigenvalue weighted by molar-refractivity contribution is 9.10. The monoisotopic (exact) mass is 497 g/mol. The Balaban J connectivity index is 1.45. The van der Waals surface area contributed by atoms with E-state index < -0.39 is 23.6 Å². The van der Waals surface area contributed by atoms with E-state index in [0.717, 1.165) is 16.6 Å². The number of rotatable bonds is 7. The number of nitrogens with zero attached hydrogens (tertiary/aromatic N) is 1. The van der Waals surface area contributed by atoms with Gasteiger partial charge in [-0.25, -0.2) is 14.6 Å². The van der Waals surface area contributed by atoms with Gasteiger partial charge in [0.2, 0.25) is 0 Å². The molecule has 0 aliphatic carbocycles. The van der Waals surface area contributed by atoms with E-state index in [9.17, 15) is 18.8 Å². The summed E-state index contributed by atoms with van der Waals surface area (Å²) in [6.45, 7) is -0.294. The molecule has 0 heterocycles. The molecule has 3 aromatic carbocycles. The van der Waals surface area contributed by atoms with Gasteiger partial charge in [-0.05, 0) is 72.3 Å². The molecule has 2 amide bonds. The van der Waals surface area contributed by atoms with E-state index in [4.69, 9.17) is 4.74 Å². The largest absolute Gasteiger partial charge is 0.423 e. The summed E-state index contributed by atoms with van der Waals surface area (Å²) in [4.78, 5) is 35.8. The number of hydrazone groups is 1. The number of hydrogen-bond donors (Lipinski definition) is 2. The van der Waals surface area contributed by atoms with Crippen LogP contribution < -0.4 is 15.5 Å². The van der Waals surface area contributed by atoms with Gasteiger partial charge in [0.15, 0.2) is 0 Å². The second-order valence-electron chi connectivity index (χ2n) is 6.45. The molecule has 2 N–H and O–H groups in total. The fraction of sp³-hybridized carbons (Fsp3) is 0.0435. The van der Waals surface area contributed by atoms with Gasteiger partial charge in [-0.1, -0.05) is 22.0 Å². The topological polar surface area (TPSA) is 96.9 Å². The van der Waals surface area contributed by atoms with E-state index in [1.54, 1.807) is 42.5 Å². The molecule has 0 spiro atoms. The van der Waals surface area contributed by atoms with Crippen LogP contribution in [0.4, 0.5) is 4.39 Å². The Morgan fingerprint density at radius 1 is 0.969 bits per heavy atom. The molecule has 0 aliphatic heterocycles. The summed E-state index contributed by atoms with van der Waals surface area (Å²) >= 11 is 3.30. The molecule has 0 unspecified atom stereocenters. The minimum absolute atomic E-state index is 0.239. The first-order valence-corrected chi connectivity index (χ1v) is 10.1. The molecule has 0 aliphatic rings. The lowest BCUT2D eigenvalue weighted by atomic mass is 10.2. The van der Waals surface area contributed by atoms with E-state index >= 15 is 0 Å². The van der Waals surface area contributed by atoms with Crippen LogP contribution >= 0.6 is 15.9 Å². The van der Waals surface area contributed by atoms with Gasteiger partial charge in [0, 0.05) is 10.0 Å². The van der Waals surface area contributed by atoms with Crippen molar-refractivity contribution in [3.63, 3.8) is 0 Å². The van der Waals surface area contributed by atoms with Gasteiger partial charge in [-0.3, -0.25) is 9.59 Å². The number of halogens is 2.